The van der Waals surface area contributed by atoms with E-state index in [1.165, 1.54) is 18.2 Å². The van der Waals surface area contributed by atoms with Gasteiger partial charge in [-0.25, -0.2) is 9.67 Å². The molecular formula is C24H23N7O4. The zero-order valence-electron chi connectivity index (χ0n) is 19.0. The summed E-state index contributed by atoms with van der Waals surface area (Å²) in [6.07, 6.45) is 1.21. The molecule has 1 saturated heterocycles. The van der Waals surface area contributed by atoms with Crippen molar-refractivity contribution in [2.24, 2.45) is 0 Å². The molecule has 1 N–H and O–H groups in total. The van der Waals surface area contributed by atoms with Crippen molar-refractivity contribution in [2.75, 3.05) is 13.1 Å². The summed E-state index contributed by atoms with van der Waals surface area (Å²) in [6.45, 7) is 3.37. The number of nitro groups is 1. The van der Waals surface area contributed by atoms with Gasteiger partial charge in [-0.15, -0.1) is 5.10 Å². The molecule has 35 heavy (non-hydrogen) atoms. The maximum Gasteiger partial charge on any atom is 0.281 e. The zero-order valence-corrected chi connectivity index (χ0v) is 19.0. The minimum Gasteiger partial charge on any atom is -0.339 e. The Morgan fingerprint density at radius 2 is 1.91 bits per heavy atom. The molecule has 2 aromatic heterocycles. The molecule has 0 unspecified atom stereocenters. The normalized spacial score (nSPS) is 14.4. The SMILES string of the molecule is Cc1ccc(Cn2nnc3c(=O)[nH]c(C4CCN(C(=O)c5cccc([N+](=O)[O-])c5)CC4)nc32)cc1. The molecule has 0 atom stereocenters. The molecule has 2 aromatic carbocycles. The Morgan fingerprint density at radius 3 is 2.63 bits per heavy atom. The maximum absolute atomic E-state index is 12.9. The van der Waals surface area contributed by atoms with Crippen LogP contribution in [-0.4, -0.2) is 53.8 Å². The maximum atomic E-state index is 12.9. The molecule has 5 rings (SSSR count). The van der Waals surface area contributed by atoms with Crippen molar-refractivity contribution < 1.29 is 9.72 Å². The molecular weight excluding hydrogens is 450 g/mol. The highest BCUT2D eigenvalue weighted by molar-refractivity contribution is 5.94. The van der Waals surface area contributed by atoms with Crippen LogP contribution in [0.5, 0.6) is 0 Å². The number of carbonyl (C=O) groups excluding carboxylic acids is 1. The van der Waals surface area contributed by atoms with E-state index in [2.05, 4.69) is 15.3 Å². The predicted molar refractivity (Wildman–Crippen MR) is 127 cm³/mol. The molecule has 0 aliphatic carbocycles. The lowest BCUT2D eigenvalue weighted by Crippen LogP contribution is -2.38. The fourth-order valence-corrected chi connectivity index (χ4v) is 4.34. The van der Waals surface area contributed by atoms with Gasteiger partial charge in [0, 0.05) is 36.7 Å². The van der Waals surface area contributed by atoms with Gasteiger partial charge in [0.05, 0.1) is 11.5 Å². The number of rotatable bonds is 5. The Bertz CT molecular complexity index is 1470. The average molecular weight is 473 g/mol. The number of nitrogens with zero attached hydrogens (tertiary/aromatic N) is 6. The first-order valence-corrected chi connectivity index (χ1v) is 11.3. The zero-order chi connectivity index (χ0) is 24.5. The Labute approximate surface area is 199 Å². The van der Waals surface area contributed by atoms with Crippen LogP contribution < -0.4 is 5.56 Å². The van der Waals surface area contributed by atoms with E-state index in [-0.39, 0.29) is 34.2 Å². The average Bonchev–Trinajstić information content (AvgIpc) is 3.28. The molecule has 0 saturated carbocycles. The van der Waals surface area contributed by atoms with Crippen LogP contribution >= 0.6 is 0 Å². The Kier molecular flexibility index (Phi) is 5.81. The van der Waals surface area contributed by atoms with Gasteiger partial charge in [0.25, 0.3) is 17.2 Å². The molecule has 0 radical (unpaired) electrons. The Hall–Kier alpha value is -4.41. The van der Waals surface area contributed by atoms with Crippen molar-refractivity contribution >= 4 is 22.8 Å². The molecule has 4 aromatic rings. The number of piperidine rings is 1. The summed E-state index contributed by atoms with van der Waals surface area (Å²) in [4.78, 5) is 45.3. The lowest BCUT2D eigenvalue weighted by Gasteiger charge is -2.31. The summed E-state index contributed by atoms with van der Waals surface area (Å²) < 4.78 is 1.62. The van der Waals surface area contributed by atoms with E-state index < -0.39 is 4.92 Å². The standard InChI is InChI=1S/C24H23N7O4/c1-15-5-7-16(8-6-15)14-30-22-20(27-28-30)23(32)26-21(25-22)17-9-11-29(12-10-17)24(33)18-3-2-4-19(13-18)31(34)35/h2-8,13,17H,9-12,14H2,1H3,(H,25,26,32). The van der Waals surface area contributed by atoms with Crippen LogP contribution in [0.25, 0.3) is 11.2 Å². The van der Waals surface area contributed by atoms with Gasteiger partial charge in [-0.3, -0.25) is 19.7 Å². The number of hydrogen-bond donors (Lipinski definition) is 1. The third-order valence-corrected chi connectivity index (χ3v) is 6.32. The first-order chi connectivity index (χ1) is 16.9. The van der Waals surface area contributed by atoms with E-state index in [4.69, 9.17) is 4.98 Å². The van der Waals surface area contributed by atoms with Crippen molar-refractivity contribution in [3.8, 4) is 0 Å². The van der Waals surface area contributed by atoms with Crippen LogP contribution in [0.1, 0.15) is 46.1 Å². The number of amides is 1. The van der Waals surface area contributed by atoms with Gasteiger partial charge >= 0.3 is 0 Å². The molecule has 0 bridgehead atoms. The highest BCUT2D eigenvalue weighted by Crippen LogP contribution is 2.27. The van der Waals surface area contributed by atoms with Crippen molar-refractivity contribution in [2.45, 2.75) is 32.2 Å². The summed E-state index contributed by atoms with van der Waals surface area (Å²) in [5.74, 6) is 0.269. The lowest BCUT2D eigenvalue weighted by molar-refractivity contribution is -0.384. The number of aromatic nitrogens is 5. The summed E-state index contributed by atoms with van der Waals surface area (Å²) in [7, 11) is 0. The van der Waals surface area contributed by atoms with E-state index in [1.807, 2.05) is 31.2 Å². The van der Waals surface area contributed by atoms with Crippen molar-refractivity contribution in [3.05, 3.63) is 91.5 Å². The van der Waals surface area contributed by atoms with E-state index in [0.717, 1.165) is 11.1 Å². The van der Waals surface area contributed by atoms with Gasteiger partial charge in [-0.05, 0) is 31.4 Å². The summed E-state index contributed by atoms with van der Waals surface area (Å²) >= 11 is 0. The number of fused-ring (bicyclic) bond motifs is 1. The topological polar surface area (TPSA) is 140 Å². The number of nitrogens with one attached hydrogen (secondary N) is 1. The number of hydrogen-bond acceptors (Lipinski definition) is 7. The fourth-order valence-electron chi connectivity index (χ4n) is 4.34. The number of carbonyl (C=O) groups is 1. The van der Waals surface area contributed by atoms with Gasteiger partial charge < -0.3 is 9.88 Å². The largest absolute Gasteiger partial charge is 0.339 e. The van der Waals surface area contributed by atoms with Crippen LogP contribution in [-0.2, 0) is 6.54 Å². The Balaban J connectivity index is 1.33. The van der Waals surface area contributed by atoms with Crippen molar-refractivity contribution in [1.29, 1.82) is 0 Å². The molecule has 11 heteroatoms. The smallest absolute Gasteiger partial charge is 0.281 e. The molecule has 3 heterocycles. The molecule has 1 aliphatic rings. The third-order valence-electron chi connectivity index (χ3n) is 6.32. The monoisotopic (exact) mass is 473 g/mol. The van der Waals surface area contributed by atoms with Gasteiger partial charge in [0.1, 0.15) is 5.82 Å². The third kappa shape index (κ3) is 4.52. The van der Waals surface area contributed by atoms with Crippen LogP contribution in [0.15, 0.2) is 53.3 Å². The summed E-state index contributed by atoms with van der Waals surface area (Å²) in [6, 6.07) is 13.8. The predicted octanol–water partition coefficient (Wildman–Crippen LogP) is 2.80. The second kappa shape index (κ2) is 9.09. The fraction of sp³-hybridized carbons (Fsp3) is 0.292. The first kappa shape index (κ1) is 22.4. The number of aryl methyl sites for hydroxylation is 1. The number of non-ortho nitro benzene ring substituents is 1. The van der Waals surface area contributed by atoms with Crippen LogP contribution in [0.2, 0.25) is 0 Å². The number of aromatic amines is 1. The van der Waals surface area contributed by atoms with E-state index >= 15 is 0 Å². The minimum absolute atomic E-state index is 0.0380. The summed E-state index contributed by atoms with van der Waals surface area (Å²) in [5.41, 5.74) is 2.64. The molecule has 1 fully saturated rings. The van der Waals surface area contributed by atoms with E-state index in [1.54, 1.807) is 15.6 Å². The van der Waals surface area contributed by atoms with Crippen LogP contribution in [0, 0.1) is 17.0 Å². The highest BCUT2D eigenvalue weighted by atomic mass is 16.6. The highest BCUT2D eigenvalue weighted by Gasteiger charge is 2.27. The second-order valence-corrected chi connectivity index (χ2v) is 8.73. The lowest BCUT2D eigenvalue weighted by atomic mass is 9.95. The molecule has 1 amide bonds. The Morgan fingerprint density at radius 1 is 1.17 bits per heavy atom. The number of likely N-dealkylation sites (tertiary alicyclic amines) is 1. The quantitative estimate of drug-likeness (QED) is 0.347. The van der Waals surface area contributed by atoms with Gasteiger partial charge in [0.15, 0.2) is 11.2 Å². The van der Waals surface area contributed by atoms with Crippen LogP contribution in [0.4, 0.5) is 5.69 Å². The van der Waals surface area contributed by atoms with Crippen molar-refractivity contribution in [1.82, 2.24) is 29.9 Å². The van der Waals surface area contributed by atoms with Crippen LogP contribution in [0.3, 0.4) is 0 Å². The molecule has 178 valence electrons. The molecule has 0 spiro atoms. The van der Waals surface area contributed by atoms with Gasteiger partial charge in [-0.2, -0.15) is 0 Å². The molecule has 11 nitrogen and oxygen atoms in total. The van der Waals surface area contributed by atoms with E-state index in [9.17, 15) is 19.7 Å². The number of nitro benzene ring substituents is 1. The number of H-pyrrole nitrogens is 1. The van der Waals surface area contributed by atoms with Gasteiger partial charge in [0.2, 0.25) is 0 Å². The van der Waals surface area contributed by atoms with Gasteiger partial charge in [-0.1, -0.05) is 41.1 Å². The van der Waals surface area contributed by atoms with E-state index in [0.29, 0.717) is 43.9 Å². The minimum atomic E-state index is -0.514. The first-order valence-electron chi connectivity index (χ1n) is 11.3. The second-order valence-electron chi connectivity index (χ2n) is 8.73. The van der Waals surface area contributed by atoms with Crippen molar-refractivity contribution in [3.63, 3.8) is 0 Å². The number of benzene rings is 2. The molecule has 1 aliphatic heterocycles. The summed E-state index contributed by atoms with van der Waals surface area (Å²) in [5, 5.41) is 19.2.